The van der Waals surface area contributed by atoms with Crippen molar-refractivity contribution in [2.45, 2.75) is 155 Å². The molecule has 1 aromatic rings. The Hall–Kier alpha value is -5.60. The molecule has 0 aliphatic carbocycles. The van der Waals surface area contributed by atoms with Crippen LogP contribution in [0.25, 0.3) is 10.4 Å². The Labute approximate surface area is 444 Å². The summed E-state index contributed by atoms with van der Waals surface area (Å²) < 4.78 is 12.1. The molecule has 420 valence electrons. The van der Waals surface area contributed by atoms with E-state index in [0.29, 0.717) is 37.8 Å². The average molecular weight is 1050 g/mol. The number of amides is 5. The molecule has 5 amide bonds. The van der Waals surface area contributed by atoms with Crippen molar-refractivity contribution in [1.82, 2.24) is 30.7 Å². The summed E-state index contributed by atoms with van der Waals surface area (Å²) in [6.45, 7) is 13.4. The SMILES string of the molecule is CC[C@H](C)[C@@H]([C@@H](CC(=O)N1CCC[C@H]1[C@H](OC)[C@@H](C)C(=O)N[C@H](CN=[N+]=[N-])Cc1ccc(CC(=O)CNC(=O)CCC(=O)CNC(=O)CCC(=O)CN)cc1)OC)N(C)C(=O)[C@@H](CC(=O)[C@H](C(C)C)N(C)C)C(C)C. The molecule has 0 bridgehead atoms. The van der Waals surface area contributed by atoms with Crippen molar-refractivity contribution in [2.75, 3.05) is 68.1 Å². The number of ether oxygens (including phenoxy) is 2. The maximum atomic E-state index is 14.4. The van der Waals surface area contributed by atoms with Crippen LogP contribution in [-0.2, 0) is 65.5 Å². The number of Topliss-reactive ketones (excluding diaryl/α,β-unsaturated/α-hetero) is 4. The summed E-state index contributed by atoms with van der Waals surface area (Å²) in [6, 6.07) is 5.26. The quantitative estimate of drug-likeness (QED) is 0.0424. The average Bonchev–Trinajstić information content (AvgIpc) is 3.86. The van der Waals surface area contributed by atoms with Crippen LogP contribution in [-0.4, -0.2) is 172 Å². The van der Waals surface area contributed by atoms with Gasteiger partial charge in [-0.1, -0.05) is 84.3 Å². The van der Waals surface area contributed by atoms with Crippen LogP contribution in [0, 0.1) is 29.6 Å². The Bertz CT molecular complexity index is 2100. The number of ketones is 4. The highest BCUT2D eigenvalue weighted by Gasteiger charge is 2.43. The van der Waals surface area contributed by atoms with Crippen molar-refractivity contribution in [2.24, 2.45) is 40.4 Å². The molecule has 1 heterocycles. The Kier molecular flexibility index (Phi) is 29.2. The number of carbonyl (C=O) groups is 9. The predicted molar refractivity (Wildman–Crippen MR) is 285 cm³/mol. The van der Waals surface area contributed by atoms with Crippen LogP contribution in [0.2, 0.25) is 0 Å². The standard InChI is InChI=1S/C54H88N10O11/c1-13-35(6)51(63(10)54(73)43(33(2)3)27-45(68)50(34(4)5)62(8)9)46(74-11)28-49(71)64-24-14-15-44(64)52(75-12)36(7)53(72)60-39(30-59-61-56)25-37-16-18-38(19-17-37)26-42(67)32-58-48(70)23-21-41(66)31-57-47(69)22-20-40(65)29-55/h16-19,33-36,39,43-44,46,50-52H,13-15,20-32,55H2,1-12H3,(H,57,69)(H,58,70)(H,60,72)/t35-,36+,39-,43-,44-,46+,50-,51-,52+/m0/s1. The lowest BCUT2D eigenvalue weighted by atomic mass is 9.83. The Balaban J connectivity index is 2.09. The number of likely N-dealkylation sites (N-methyl/N-ethyl adjacent to an activating group) is 2. The fourth-order valence-corrected chi connectivity index (χ4v) is 10.0. The van der Waals surface area contributed by atoms with Gasteiger partial charge < -0.3 is 41.0 Å². The van der Waals surface area contributed by atoms with Gasteiger partial charge >= 0.3 is 0 Å². The molecule has 5 N–H and O–H groups in total. The van der Waals surface area contributed by atoms with E-state index in [9.17, 15) is 48.7 Å². The molecule has 75 heavy (non-hydrogen) atoms. The highest BCUT2D eigenvalue weighted by molar-refractivity contribution is 5.92. The Morgan fingerprint density at radius 3 is 1.92 bits per heavy atom. The minimum Gasteiger partial charge on any atom is -0.379 e. The van der Waals surface area contributed by atoms with Gasteiger partial charge in [0.15, 0.2) is 17.3 Å². The summed E-state index contributed by atoms with van der Waals surface area (Å²) in [5.41, 5.74) is 15.9. The number of nitrogens with zero attached hydrogens (tertiary/aromatic N) is 6. The molecule has 0 unspecified atom stereocenters. The summed E-state index contributed by atoms with van der Waals surface area (Å²) >= 11 is 0. The molecule has 0 aromatic heterocycles. The van der Waals surface area contributed by atoms with Gasteiger partial charge in [0.25, 0.3) is 0 Å². The predicted octanol–water partition coefficient (Wildman–Crippen LogP) is 3.76. The van der Waals surface area contributed by atoms with Gasteiger partial charge in [-0.2, -0.15) is 0 Å². The summed E-state index contributed by atoms with van der Waals surface area (Å²) in [6.07, 6.45) is 0.621. The Morgan fingerprint density at radius 1 is 0.813 bits per heavy atom. The van der Waals surface area contributed by atoms with Crippen LogP contribution >= 0.6 is 0 Å². The first-order chi connectivity index (χ1) is 35.4. The second-order valence-corrected chi connectivity index (χ2v) is 21.0. The third kappa shape index (κ3) is 21.5. The molecule has 0 saturated carbocycles. The third-order valence-corrected chi connectivity index (χ3v) is 14.4. The molecule has 1 aromatic carbocycles. The summed E-state index contributed by atoms with van der Waals surface area (Å²) in [4.78, 5) is 125. The van der Waals surface area contributed by atoms with Crippen LogP contribution in [0.1, 0.15) is 117 Å². The first kappa shape index (κ1) is 65.5. The van der Waals surface area contributed by atoms with Crippen LogP contribution in [0.4, 0.5) is 0 Å². The van der Waals surface area contributed by atoms with Gasteiger partial charge in [-0.15, -0.1) is 0 Å². The molecular weight excluding hydrogens is 965 g/mol. The van der Waals surface area contributed by atoms with E-state index in [0.717, 1.165) is 5.56 Å². The number of methoxy groups -OCH3 is 2. The number of nitrogens with one attached hydrogen (secondary N) is 3. The van der Waals surface area contributed by atoms with Gasteiger partial charge in [0.05, 0.1) is 62.3 Å². The Morgan fingerprint density at radius 2 is 1.40 bits per heavy atom. The fraction of sp³-hybridized carbons (Fsp3) is 0.722. The second-order valence-electron chi connectivity index (χ2n) is 21.0. The van der Waals surface area contributed by atoms with Gasteiger partial charge in [-0.05, 0) is 67.8 Å². The zero-order chi connectivity index (χ0) is 56.5. The van der Waals surface area contributed by atoms with E-state index < -0.39 is 54.0 Å². The van der Waals surface area contributed by atoms with E-state index >= 15 is 0 Å². The van der Waals surface area contributed by atoms with Crippen LogP contribution in [0.3, 0.4) is 0 Å². The molecule has 9 atom stereocenters. The highest BCUT2D eigenvalue weighted by Crippen LogP contribution is 2.31. The fourth-order valence-electron chi connectivity index (χ4n) is 10.0. The monoisotopic (exact) mass is 1050 g/mol. The maximum absolute atomic E-state index is 14.4. The van der Waals surface area contributed by atoms with Gasteiger partial charge in [0.2, 0.25) is 29.5 Å². The molecule has 0 radical (unpaired) electrons. The number of benzene rings is 1. The lowest BCUT2D eigenvalue weighted by molar-refractivity contribution is -0.149. The molecule has 1 aliphatic rings. The normalized spacial score (nSPS) is 16.7. The van der Waals surface area contributed by atoms with Crippen molar-refractivity contribution in [3.05, 3.63) is 45.8 Å². The first-order valence-corrected chi connectivity index (χ1v) is 26.4. The molecule has 1 aliphatic heterocycles. The van der Waals surface area contributed by atoms with E-state index in [1.165, 1.54) is 7.11 Å². The number of carbonyl (C=O) groups excluding carboxylic acids is 9. The zero-order valence-corrected chi connectivity index (χ0v) is 46.7. The van der Waals surface area contributed by atoms with Crippen molar-refractivity contribution in [3.63, 3.8) is 0 Å². The van der Waals surface area contributed by atoms with E-state index in [1.54, 1.807) is 55.1 Å². The number of hydrogen-bond donors (Lipinski definition) is 4. The number of hydrogen-bond acceptors (Lipinski definition) is 14. The number of nitrogens with two attached hydrogens (primary N) is 1. The van der Waals surface area contributed by atoms with E-state index in [-0.39, 0.29) is 136 Å². The van der Waals surface area contributed by atoms with Crippen LogP contribution in [0.15, 0.2) is 29.4 Å². The van der Waals surface area contributed by atoms with Crippen molar-refractivity contribution >= 4 is 52.7 Å². The first-order valence-electron chi connectivity index (χ1n) is 26.4. The largest absolute Gasteiger partial charge is 0.379 e. The zero-order valence-electron chi connectivity index (χ0n) is 46.7. The van der Waals surface area contributed by atoms with Crippen molar-refractivity contribution < 1.29 is 52.6 Å². The van der Waals surface area contributed by atoms with Crippen molar-refractivity contribution in [1.29, 1.82) is 0 Å². The maximum Gasteiger partial charge on any atom is 0.226 e. The molecule has 0 spiro atoms. The van der Waals surface area contributed by atoms with Crippen molar-refractivity contribution in [3.8, 4) is 0 Å². The third-order valence-electron chi connectivity index (χ3n) is 14.4. The summed E-state index contributed by atoms with van der Waals surface area (Å²) in [7, 11) is 8.55. The molecule has 1 fully saturated rings. The van der Waals surface area contributed by atoms with Gasteiger partial charge in [0, 0.05) is 89.8 Å². The smallest absolute Gasteiger partial charge is 0.226 e. The van der Waals surface area contributed by atoms with Gasteiger partial charge in [-0.25, -0.2) is 0 Å². The minimum atomic E-state index is -0.733. The van der Waals surface area contributed by atoms with E-state index in [2.05, 4.69) is 26.0 Å². The summed E-state index contributed by atoms with van der Waals surface area (Å²) in [5.74, 6) is -3.97. The van der Waals surface area contributed by atoms with Crippen LogP contribution in [0.5, 0.6) is 0 Å². The molecule has 2 rings (SSSR count). The van der Waals surface area contributed by atoms with E-state index in [4.69, 9.17) is 15.2 Å². The van der Waals surface area contributed by atoms with Gasteiger partial charge in [0.1, 0.15) is 5.78 Å². The van der Waals surface area contributed by atoms with E-state index in [1.807, 2.05) is 60.5 Å². The lowest BCUT2D eigenvalue weighted by Crippen LogP contribution is -2.54. The lowest BCUT2D eigenvalue weighted by Gasteiger charge is -2.41. The molecular formula is C54H88N10O11. The molecule has 1 saturated heterocycles. The topological polar surface area (TPSA) is 293 Å². The second kappa shape index (κ2) is 33.4. The molecule has 21 heteroatoms. The number of azide groups is 1. The number of rotatable bonds is 36. The number of likely N-dealkylation sites (tertiary alicyclic amines) is 1. The minimum absolute atomic E-state index is 0.0152. The van der Waals surface area contributed by atoms with Crippen LogP contribution < -0.4 is 21.7 Å². The molecule has 21 nitrogen and oxygen atoms in total. The summed E-state index contributed by atoms with van der Waals surface area (Å²) in [5, 5.41) is 11.7. The van der Waals surface area contributed by atoms with Gasteiger partial charge in [-0.3, -0.25) is 48.1 Å². The highest BCUT2D eigenvalue weighted by atomic mass is 16.5.